The van der Waals surface area contributed by atoms with Crippen molar-refractivity contribution in [1.29, 1.82) is 0 Å². The molecule has 0 atom stereocenters. The van der Waals surface area contributed by atoms with Gasteiger partial charge in [0.15, 0.2) is 11.6 Å². The smallest absolute Gasteiger partial charge is 0.262 e. The summed E-state index contributed by atoms with van der Waals surface area (Å²) in [6, 6.07) is 6.10. The van der Waals surface area contributed by atoms with E-state index in [0.717, 1.165) is 6.07 Å². The fourth-order valence-electron chi connectivity index (χ4n) is 1.96. The average molecular weight is 376 g/mol. The molecule has 9 heteroatoms. The van der Waals surface area contributed by atoms with E-state index in [1.54, 1.807) is 0 Å². The Balaban J connectivity index is 2.44. The zero-order valence-electron chi connectivity index (χ0n) is 13.1. The van der Waals surface area contributed by atoms with Crippen molar-refractivity contribution < 1.29 is 27.0 Å². The molecule has 0 spiro atoms. The van der Waals surface area contributed by atoms with Gasteiger partial charge in [-0.15, -0.1) is 0 Å². The van der Waals surface area contributed by atoms with E-state index in [1.807, 2.05) is 0 Å². The molecule has 24 heavy (non-hydrogen) atoms. The number of ether oxygens (including phenoxy) is 3. The van der Waals surface area contributed by atoms with Gasteiger partial charge in [-0.1, -0.05) is 11.6 Å². The molecule has 1 N–H and O–H groups in total. The third kappa shape index (κ3) is 3.65. The van der Waals surface area contributed by atoms with Crippen molar-refractivity contribution in [3.05, 3.63) is 41.2 Å². The van der Waals surface area contributed by atoms with Crippen molar-refractivity contribution in [2.75, 3.05) is 26.1 Å². The zero-order chi connectivity index (χ0) is 17.9. The molecule has 0 saturated heterocycles. The number of anilines is 1. The van der Waals surface area contributed by atoms with Crippen LogP contribution in [0.1, 0.15) is 0 Å². The van der Waals surface area contributed by atoms with Gasteiger partial charge in [0.1, 0.15) is 11.5 Å². The van der Waals surface area contributed by atoms with Gasteiger partial charge in [-0.25, -0.2) is 12.8 Å². The molecule has 0 radical (unpaired) electrons. The highest BCUT2D eigenvalue weighted by atomic mass is 35.5. The van der Waals surface area contributed by atoms with Crippen LogP contribution >= 0.6 is 11.6 Å². The summed E-state index contributed by atoms with van der Waals surface area (Å²) in [5.74, 6) is -0.393. The monoisotopic (exact) mass is 375 g/mol. The third-order valence-corrected chi connectivity index (χ3v) is 4.81. The lowest BCUT2D eigenvalue weighted by Gasteiger charge is -2.14. The summed E-state index contributed by atoms with van der Waals surface area (Å²) in [5, 5.41) is 0.257. The Bertz CT molecular complexity index is 857. The number of halogens is 2. The molecule has 0 bridgehead atoms. The quantitative estimate of drug-likeness (QED) is 0.838. The van der Waals surface area contributed by atoms with E-state index in [0.29, 0.717) is 0 Å². The lowest BCUT2D eigenvalue weighted by Crippen LogP contribution is -2.14. The van der Waals surface area contributed by atoms with Crippen molar-refractivity contribution >= 4 is 27.3 Å². The summed E-state index contributed by atoms with van der Waals surface area (Å²) < 4.78 is 55.9. The van der Waals surface area contributed by atoms with Crippen LogP contribution in [0.5, 0.6) is 17.2 Å². The Labute approximate surface area is 144 Å². The van der Waals surface area contributed by atoms with Crippen LogP contribution in [0.3, 0.4) is 0 Å². The van der Waals surface area contributed by atoms with Gasteiger partial charge in [0, 0.05) is 12.1 Å². The predicted molar refractivity (Wildman–Crippen MR) is 88.3 cm³/mol. The van der Waals surface area contributed by atoms with Crippen LogP contribution < -0.4 is 18.9 Å². The van der Waals surface area contributed by atoms with Crippen molar-refractivity contribution in [2.24, 2.45) is 0 Å². The molecular formula is C15H15ClFNO5S. The molecule has 0 aliphatic heterocycles. The molecule has 0 aliphatic rings. The second-order valence-electron chi connectivity index (χ2n) is 4.59. The Morgan fingerprint density at radius 2 is 1.58 bits per heavy atom. The molecule has 2 aromatic carbocycles. The molecule has 0 saturated carbocycles. The lowest BCUT2D eigenvalue weighted by atomic mass is 10.3. The number of sulfonamides is 1. The molecule has 0 fully saturated rings. The molecular weight excluding hydrogens is 361 g/mol. The minimum atomic E-state index is -4.06. The maximum atomic E-state index is 13.8. The van der Waals surface area contributed by atoms with Gasteiger partial charge in [-0.3, -0.25) is 4.72 Å². The Morgan fingerprint density at radius 1 is 0.958 bits per heavy atom. The minimum Gasteiger partial charge on any atom is -0.495 e. The summed E-state index contributed by atoms with van der Waals surface area (Å²) >= 11 is 5.98. The normalized spacial score (nSPS) is 11.0. The maximum absolute atomic E-state index is 13.8. The van der Waals surface area contributed by atoms with Gasteiger partial charge in [0.2, 0.25) is 0 Å². The largest absolute Gasteiger partial charge is 0.495 e. The molecule has 0 amide bonds. The maximum Gasteiger partial charge on any atom is 0.262 e. The summed E-state index contributed by atoms with van der Waals surface area (Å²) in [5.41, 5.74) is 0.106. The van der Waals surface area contributed by atoms with Crippen LogP contribution in [0.15, 0.2) is 35.2 Å². The van der Waals surface area contributed by atoms with Crippen molar-refractivity contribution in [3.63, 3.8) is 0 Å². The lowest BCUT2D eigenvalue weighted by molar-refractivity contribution is 0.385. The van der Waals surface area contributed by atoms with E-state index in [2.05, 4.69) is 4.72 Å². The predicted octanol–water partition coefficient (Wildman–Crippen LogP) is 3.31. The minimum absolute atomic E-state index is 0.0558. The van der Waals surface area contributed by atoms with Gasteiger partial charge in [-0.2, -0.15) is 0 Å². The first-order valence-corrected chi connectivity index (χ1v) is 8.46. The van der Waals surface area contributed by atoms with Crippen LogP contribution in [0.4, 0.5) is 10.1 Å². The van der Waals surface area contributed by atoms with Crippen molar-refractivity contribution in [1.82, 2.24) is 0 Å². The summed E-state index contributed by atoms with van der Waals surface area (Å²) in [6.07, 6.45) is 0. The fraction of sp³-hybridized carbons (Fsp3) is 0.200. The highest BCUT2D eigenvalue weighted by Crippen LogP contribution is 2.37. The summed E-state index contributed by atoms with van der Waals surface area (Å²) in [4.78, 5) is -0.267. The second kappa shape index (κ2) is 7.14. The van der Waals surface area contributed by atoms with Crippen LogP contribution in [0, 0.1) is 5.82 Å². The number of benzene rings is 2. The highest BCUT2D eigenvalue weighted by molar-refractivity contribution is 7.92. The number of nitrogens with one attached hydrogen (secondary N) is 1. The highest BCUT2D eigenvalue weighted by Gasteiger charge is 2.20. The first-order valence-electron chi connectivity index (χ1n) is 6.60. The molecule has 2 rings (SSSR count). The first-order chi connectivity index (χ1) is 11.3. The van der Waals surface area contributed by atoms with Gasteiger partial charge in [0.05, 0.1) is 36.9 Å². The van der Waals surface area contributed by atoms with E-state index in [4.69, 9.17) is 25.8 Å². The number of hydrogen-bond acceptors (Lipinski definition) is 5. The third-order valence-electron chi connectivity index (χ3n) is 3.15. The standard InChI is InChI=1S/C15H15ClFNO5S/c1-21-13-5-4-9(6-11(13)17)24(19,20)18-12-8-14(22-2)10(16)7-15(12)23-3/h4-8,18H,1-3H3. The van der Waals surface area contributed by atoms with Gasteiger partial charge in [0.25, 0.3) is 10.0 Å². The molecule has 0 aromatic heterocycles. The van der Waals surface area contributed by atoms with E-state index >= 15 is 0 Å². The van der Waals surface area contributed by atoms with E-state index in [9.17, 15) is 12.8 Å². The number of rotatable bonds is 6. The topological polar surface area (TPSA) is 73.9 Å². The molecule has 130 valence electrons. The number of hydrogen-bond donors (Lipinski definition) is 1. The summed E-state index contributed by atoms with van der Waals surface area (Å²) in [6.45, 7) is 0. The first kappa shape index (κ1) is 18.2. The average Bonchev–Trinajstić information content (AvgIpc) is 2.55. The Morgan fingerprint density at radius 3 is 2.12 bits per heavy atom. The van der Waals surface area contributed by atoms with E-state index in [-0.39, 0.29) is 32.9 Å². The Hall–Kier alpha value is -2.19. The fourth-order valence-corrected chi connectivity index (χ4v) is 3.26. The molecule has 0 unspecified atom stereocenters. The zero-order valence-corrected chi connectivity index (χ0v) is 14.7. The number of methoxy groups -OCH3 is 3. The van der Waals surface area contributed by atoms with Crippen LogP contribution in [0.25, 0.3) is 0 Å². The molecule has 0 aliphatic carbocycles. The van der Waals surface area contributed by atoms with Crippen LogP contribution in [0.2, 0.25) is 5.02 Å². The van der Waals surface area contributed by atoms with E-state index < -0.39 is 15.8 Å². The SMILES string of the molecule is COc1ccc(S(=O)(=O)Nc2cc(OC)c(Cl)cc2OC)cc1F. The van der Waals surface area contributed by atoms with Crippen LogP contribution in [-0.2, 0) is 10.0 Å². The van der Waals surface area contributed by atoms with Crippen LogP contribution in [-0.4, -0.2) is 29.7 Å². The van der Waals surface area contributed by atoms with Gasteiger partial charge in [-0.05, 0) is 18.2 Å². The molecule has 0 heterocycles. The van der Waals surface area contributed by atoms with Gasteiger partial charge < -0.3 is 14.2 Å². The van der Waals surface area contributed by atoms with Crippen molar-refractivity contribution in [2.45, 2.75) is 4.90 Å². The van der Waals surface area contributed by atoms with E-state index in [1.165, 1.54) is 45.6 Å². The van der Waals surface area contributed by atoms with Crippen molar-refractivity contribution in [3.8, 4) is 17.2 Å². The molecule has 2 aromatic rings. The summed E-state index contributed by atoms with van der Waals surface area (Å²) in [7, 11) is -0.0103. The second-order valence-corrected chi connectivity index (χ2v) is 6.68. The Kier molecular flexibility index (Phi) is 5.40. The molecule has 6 nitrogen and oxygen atoms in total. The van der Waals surface area contributed by atoms with Gasteiger partial charge >= 0.3 is 0 Å².